The second-order valence-electron chi connectivity index (χ2n) is 5.76. The predicted molar refractivity (Wildman–Crippen MR) is 101 cm³/mol. The van der Waals surface area contributed by atoms with E-state index in [9.17, 15) is 4.79 Å². The Kier molecular flexibility index (Phi) is 3.58. The minimum atomic E-state index is -0.119. The number of nitrogens with one attached hydrogen (secondary N) is 1. The maximum atomic E-state index is 12.7. The molecule has 1 amide bonds. The molecule has 0 spiro atoms. The highest BCUT2D eigenvalue weighted by molar-refractivity contribution is 7.23. The number of carbonyl (C=O) groups is 1. The van der Waals surface area contributed by atoms with Crippen LogP contribution in [0.1, 0.15) is 26.5 Å². The van der Waals surface area contributed by atoms with Crippen LogP contribution in [0.5, 0.6) is 0 Å². The number of thiophene rings is 1. The number of anilines is 1. The van der Waals surface area contributed by atoms with E-state index in [1.165, 1.54) is 22.7 Å². The third kappa shape index (κ3) is 2.48. The number of fused-ring (bicyclic) bond motifs is 2. The summed E-state index contributed by atoms with van der Waals surface area (Å²) in [7, 11) is 0. The van der Waals surface area contributed by atoms with Gasteiger partial charge in [-0.25, -0.2) is 9.97 Å². The summed E-state index contributed by atoms with van der Waals surface area (Å²) in [5, 5.41) is 4.64. The minimum Gasteiger partial charge on any atom is -0.297 e. The second-order valence-corrected chi connectivity index (χ2v) is 7.79. The number of hydrogen-bond acceptors (Lipinski definition) is 5. The standard InChI is InChI=1S/C18H15N3OS2/c1-9-8-10(2)19-17-14(9)11(3)15(24-17)16(22)21-18-20-12-6-4-5-7-13(12)23-18/h4-8H,1-3H3,(H,20,21,22). The van der Waals surface area contributed by atoms with E-state index >= 15 is 0 Å². The van der Waals surface area contributed by atoms with Gasteiger partial charge in [0.05, 0.1) is 15.1 Å². The molecule has 0 radical (unpaired) electrons. The van der Waals surface area contributed by atoms with Crippen LogP contribution in [-0.4, -0.2) is 15.9 Å². The van der Waals surface area contributed by atoms with Gasteiger partial charge in [0.2, 0.25) is 0 Å². The lowest BCUT2D eigenvalue weighted by Crippen LogP contribution is -2.11. The Morgan fingerprint density at radius 3 is 2.67 bits per heavy atom. The molecule has 4 aromatic rings. The molecular weight excluding hydrogens is 338 g/mol. The normalized spacial score (nSPS) is 11.3. The number of thiazole rings is 1. The maximum Gasteiger partial charge on any atom is 0.267 e. The summed E-state index contributed by atoms with van der Waals surface area (Å²) in [4.78, 5) is 23.4. The van der Waals surface area contributed by atoms with Crippen LogP contribution >= 0.6 is 22.7 Å². The summed E-state index contributed by atoms with van der Waals surface area (Å²) in [6, 6.07) is 9.92. The number of pyridine rings is 1. The monoisotopic (exact) mass is 353 g/mol. The van der Waals surface area contributed by atoms with Gasteiger partial charge in [-0.2, -0.15) is 0 Å². The number of para-hydroxylation sites is 1. The zero-order valence-electron chi connectivity index (χ0n) is 13.5. The summed E-state index contributed by atoms with van der Waals surface area (Å²) >= 11 is 2.92. The molecule has 4 rings (SSSR count). The highest BCUT2D eigenvalue weighted by atomic mass is 32.1. The zero-order valence-corrected chi connectivity index (χ0v) is 15.1. The van der Waals surface area contributed by atoms with Crippen molar-refractivity contribution in [3.8, 4) is 0 Å². The molecule has 0 aliphatic rings. The van der Waals surface area contributed by atoms with Gasteiger partial charge in [-0.3, -0.25) is 10.1 Å². The van der Waals surface area contributed by atoms with Gasteiger partial charge in [-0.05, 0) is 50.1 Å². The quantitative estimate of drug-likeness (QED) is 0.546. The van der Waals surface area contributed by atoms with E-state index < -0.39 is 0 Å². The molecular formula is C18H15N3OS2. The van der Waals surface area contributed by atoms with Crippen molar-refractivity contribution in [2.24, 2.45) is 0 Å². The molecule has 4 nitrogen and oxygen atoms in total. The van der Waals surface area contributed by atoms with Crippen molar-refractivity contribution in [1.82, 2.24) is 9.97 Å². The number of benzene rings is 1. The number of carbonyl (C=O) groups excluding carboxylic acids is 1. The Balaban J connectivity index is 1.73. The van der Waals surface area contributed by atoms with E-state index in [-0.39, 0.29) is 5.91 Å². The van der Waals surface area contributed by atoms with Crippen molar-refractivity contribution >= 4 is 54.1 Å². The Hall–Kier alpha value is -2.31. The van der Waals surface area contributed by atoms with Crippen LogP contribution in [0, 0.1) is 20.8 Å². The lowest BCUT2D eigenvalue weighted by molar-refractivity contribution is 0.103. The highest BCUT2D eigenvalue weighted by Gasteiger charge is 2.19. The number of aryl methyl sites for hydroxylation is 3. The van der Waals surface area contributed by atoms with Crippen LogP contribution in [0.3, 0.4) is 0 Å². The molecule has 0 atom stereocenters. The minimum absolute atomic E-state index is 0.119. The summed E-state index contributed by atoms with van der Waals surface area (Å²) in [5.41, 5.74) is 4.02. The van der Waals surface area contributed by atoms with Crippen LogP contribution < -0.4 is 5.32 Å². The maximum absolute atomic E-state index is 12.7. The average Bonchev–Trinajstić information content (AvgIpc) is 3.07. The second kappa shape index (κ2) is 5.65. The van der Waals surface area contributed by atoms with E-state index in [4.69, 9.17) is 0 Å². The first-order valence-electron chi connectivity index (χ1n) is 7.57. The molecule has 6 heteroatoms. The summed E-state index contributed by atoms with van der Waals surface area (Å²) < 4.78 is 1.06. The lowest BCUT2D eigenvalue weighted by Gasteiger charge is -2.01. The van der Waals surface area contributed by atoms with E-state index in [1.807, 2.05) is 38.1 Å². The topological polar surface area (TPSA) is 54.9 Å². The smallest absolute Gasteiger partial charge is 0.267 e. The van der Waals surface area contributed by atoms with Gasteiger partial charge in [0.15, 0.2) is 5.13 Å². The zero-order chi connectivity index (χ0) is 16.8. The number of aromatic nitrogens is 2. The van der Waals surface area contributed by atoms with Gasteiger partial charge in [0.25, 0.3) is 5.91 Å². The first kappa shape index (κ1) is 15.2. The fourth-order valence-corrected chi connectivity index (χ4v) is 4.97. The van der Waals surface area contributed by atoms with Gasteiger partial charge in [-0.1, -0.05) is 23.5 Å². The van der Waals surface area contributed by atoms with Gasteiger partial charge >= 0.3 is 0 Å². The molecule has 24 heavy (non-hydrogen) atoms. The van der Waals surface area contributed by atoms with Crippen LogP contribution in [0.2, 0.25) is 0 Å². The highest BCUT2D eigenvalue weighted by Crippen LogP contribution is 2.33. The summed E-state index contributed by atoms with van der Waals surface area (Å²) in [5.74, 6) is -0.119. The van der Waals surface area contributed by atoms with Gasteiger partial charge in [0, 0.05) is 11.1 Å². The largest absolute Gasteiger partial charge is 0.297 e. The number of nitrogens with zero attached hydrogens (tertiary/aromatic N) is 2. The first-order chi connectivity index (χ1) is 11.5. The third-order valence-electron chi connectivity index (χ3n) is 3.95. The SMILES string of the molecule is Cc1cc(C)c2c(C)c(C(=O)Nc3nc4ccccc4s3)sc2n1. The van der Waals surface area contributed by atoms with E-state index in [2.05, 4.69) is 28.3 Å². The van der Waals surface area contributed by atoms with E-state index in [0.29, 0.717) is 10.0 Å². The van der Waals surface area contributed by atoms with Crippen LogP contribution in [0.15, 0.2) is 30.3 Å². The Morgan fingerprint density at radius 2 is 1.88 bits per heavy atom. The lowest BCUT2D eigenvalue weighted by atomic mass is 10.1. The first-order valence-corrected chi connectivity index (χ1v) is 9.20. The fourth-order valence-electron chi connectivity index (χ4n) is 2.92. The van der Waals surface area contributed by atoms with Crippen molar-refractivity contribution in [2.75, 3.05) is 5.32 Å². The van der Waals surface area contributed by atoms with E-state index in [1.54, 1.807) is 0 Å². The van der Waals surface area contributed by atoms with Gasteiger partial charge in [-0.15, -0.1) is 11.3 Å². The van der Waals surface area contributed by atoms with Crippen LogP contribution in [0.25, 0.3) is 20.4 Å². The molecule has 0 aliphatic carbocycles. The molecule has 0 saturated heterocycles. The van der Waals surface area contributed by atoms with Crippen molar-refractivity contribution in [1.29, 1.82) is 0 Å². The predicted octanol–water partition coefficient (Wildman–Crippen LogP) is 5.08. The molecule has 120 valence electrons. The van der Waals surface area contributed by atoms with Crippen molar-refractivity contribution in [2.45, 2.75) is 20.8 Å². The Bertz CT molecular complexity index is 1060. The molecule has 0 unspecified atom stereocenters. The number of rotatable bonds is 2. The molecule has 1 N–H and O–H groups in total. The third-order valence-corrected chi connectivity index (χ3v) is 6.08. The molecule has 3 heterocycles. The van der Waals surface area contributed by atoms with Crippen molar-refractivity contribution < 1.29 is 4.79 Å². The molecule has 1 aromatic carbocycles. The van der Waals surface area contributed by atoms with Crippen LogP contribution in [0.4, 0.5) is 5.13 Å². The molecule has 0 saturated carbocycles. The Morgan fingerprint density at radius 1 is 1.08 bits per heavy atom. The van der Waals surface area contributed by atoms with Crippen molar-refractivity contribution in [3.05, 3.63) is 52.0 Å². The molecule has 3 aromatic heterocycles. The number of amides is 1. The van der Waals surface area contributed by atoms with Crippen LogP contribution in [-0.2, 0) is 0 Å². The number of hydrogen-bond donors (Lipinski definition) is 1. The molecule has 0 fully saturated rings. The van der Waals surface area contributed by atoms with Crippen molar-refractivity contribution in [3.63, 3.8) is 0 Å². The molecule has 0 aliphatic heterocycles. The van der Waals surface area contributed by atoms with E-state index in [0.717, 1.165) is 37.3 Å². The average molecular weight is 353 g/mol. The summed E-state index contributed by atoms with van der Waals surface area (Å²) in [6.07, 6.45) is 0. The Labute approximate surface area is 147 Å². The molecule has 0 bridgehead atoms. The van der Waals surface area contributed by atoms with Gasteiger partial charge < -0.3 is 0 Å². The summed E-state index contributed by atoms with van der Waals surface area (Å²) in [6.45, 7) is 6.02. The van der Waals surface area contributed by atoms with Gasteiger partial charge in [0.1, 0.15) is 4.83 Å². The fraction of sp³-hybridized carbons (Fsp3) is 0.167.